The van der Waals surface area contributed by atoms with Crippen LogP contribution in [0.4, 0.5) is 5.69 Å². The maximum Gasteiger partial charge on any atom is 0.342 e. The third kappa shape index (κ3) is 5.64. The number of cyclic esters (lactones) is 1. The lowest BCUT2D eigenvalue weighted by atomic mass is 9.81. The van der Waals surface area contributed by atoms with Crippen molar-refractivity contribution in [3.05, 3.63) is 117 Å². The first kappa shape index (κ1) is 23.1. The van der Waals surface area contributed by atoms with Crippen molar-refractivity contribution in [2.75, 3.05) is 0 Å². The molecule has 3 aromatic carbocycles. The number of ether oxygens (including phenoxy) is 1. The number of hydrogen-bond acceptors (Lipinski definition) is 5. The van der Waals surface area contributed by atoms with Crippen LogP contribution in [0, 0.1) is 10.1 Å². The fourth-order valence-corrected chi connectivity index (χ4v) is 4.26. The van der Waals surface area contributed by atoms with E-state index in [9.17, 15) is 19.7 Å². The van der Waals surface area contributed by atoms with Gasteiger partial charge in [0.1, 0.15) is 11.2 Å². The highest BCUT2D eigenvalue weighted by Gasteiger charge is 2.43. The Hall–Kier alpha value is -4.06. The van der Waals surface area contributed by atoms with Gasteiger partial charge in [-0.05, 0) is 48.4 Å². The van der Waals surface area contributed by atoms with E-state index in [-0.39, 0.29) is 23.5 Å². The van der Waals surface area contributed by atoms with E-state index < -0.39 is 16.5 Å². The summed E-state index contributed by atoms with van der Waals surface area (Å²) >= 11 is 0. The summed E-state index contributed by atoms with van der Waals surface area (Å²) in [5.74, 6) is -0.979. The van der Waals surface area contributed by atoms with E-state index in [1.54, 1.807) is 6.07 Å². The maximum absolute atomic E-state index is 13.2. The third-order valence-electron chi connectivity index (χ3n) is 6.13. The number of nitro groups is 1. The van der Waals surface area contributed by atoms with Gasteiger partial charge >= 0.3 is 5.97 Å². The van der Waals surface area contributed by atoms with Crippen molar-refractivity contribution in [1.29, 1.82) is 0 Å². The van der Waals surface area contributed by atoms with E-state index >= 15 is 0 Å². The number of esters is 1. The SMILES string of the molecule is O=C1CC(CCc2ccccc2)(CCc2ccccc2)OC(=O)/C1=C\c1cccc([N+](=O)[O-])c1. The summed E-state index contributed by atoms with van der Waals surface area (Å²) in [4.78, 5) is 36.7. The summed E-state index contributed by atoms with van der Waals surface area (Å²) in [7, 11) is 0. The van der Waals surface area contributed by atoms with Gasteiger partial charge in [0.2, 0.25) is 0 Å². The Labute approximate surface area is 198 Å². The average molecular weight is 456 g/mol. The first-order chi connectivity index (χ1) is 16.4. The first-order valence-corrected chi connectivity index (χ1v) is 11.2. The number of non-ortho nitro benzene ring substituents is 1. The van der Waals surface area contributed by atoms with Crippen LogP contribution in [0.3, 0.4) is 0 Å². The van der Waals surface area contributed by atoms with Crippen molar-refractivity contribution in [3.63, 3.8) is 0 Å². The highest BCUT2D eigenvalue weighted by Crippen LogP contribution is 2.36. The molecular weight excluding hydrogens is 430 g/mol. The van der Waals surface area contributed by atoms with Crippen molar-refractivity contribution in [2.45, 2.75) is 37.7 Å². The molecule has 1 saturated heterocycles. The highest BCUT2D eigenvalue weighted by atomic mass is 16.6. The van der Waals surface area contributed by atoms with Gasteiger partial charge in [0.15, 0.2) is 5.78 Å². The molecule has 0 saturated carbocycles. The predicted octanol–water partition coefficient (Wildman–Crippen LogP) is 5.50. The van der Waals surface area contributed by atoms with Crippen LogP contribution in [0.15, 0.2) is 90.5 Å². The molecule has 6 nitrogen and oxygen atoms in total. The first-order valence-electron chi connectivity index (χ1n) is 11.2. The number of carbonyl (C=O) groups excluding carboxylic acids is 2. The summed E-state index contributed by atoms with van der Waals surface area (Å²) in [6, 6.07) is 25.7. The highest BCUT2D eigenvalue weighted by molar-refractivity contribution is 6.22. The van der Waals surface area contributed by atoms with Crippen LogP contribution in [-0.4, -0.2) is 22.3 Å². The smallest absolute Gasteiger partial charge is 0.342 e. The van der Waals surface area contributed by atoms with Gasteiger partial charge in [0.25, 0.3) is 5.69 Å². The molecule has 0 bridgehead atoms. The second-order valence-corrected chi connectivity index (χ2v) is 8.55. The van der Waals surface area contributed by atoms with E-state index in [1.807, 2.05) is 60.7 Å². The Morgan fingerprint density at radius 3 is 1.97 bits per heavy atom. The Bertz CT molecular complexity index is 1150. The van der Waals surface area contributed by atoms with E-state index in [0.29, 0.717) is 31.2 Å². The minimum Gasteiger partial charge on any atom is -0.455 e. The number of nitro benzene ring substituents is 1. The molecule has 1 aliphatic heterocycles. The molecule has 0 unspecified atom stereocenters. The fourth-order valence-electron chi connectivity index (χ4n) is 4.26. The molecule has 6 heteroatoms. The summed E-state index contributed by atoms with van der Waals surface area (Å²) in [6.07, 6.45) is 3.90. The second kappa shape index (κ2) is 10.3. The van der Waals surface area contributed by atoms with Crippen molar-refractivity contribution in [1.82, 2.24) is 0 Å². The standard InChI is InChI=1S/C28H25NO5/c30-26-20-28(16-14-21-8-3-1-4-9-21,17-15-22-10-5-2-6-11-22)34-27(31)25(26)19-23-12-7-13-24(18-23)29(32)33/h1-13,18-19H,14-17,20H2/b25-19-. The predicted molar refractivity (Wildman–Crippen MR) is 129 cm³/mol. The molecule has 0 N–H and O–H groups in total. The summed E-state index contributed by atoms with van der Waals surface area (Å²) in [6.45, 7) is 0. The van der Waals surface area contributed by atoms with Crippen LogP contribution in [-0.2, 0) is 27.2 Å². The lowest BCUT2D eigenvalue weighted by Crippen LogP contribution is -2.44. The molecule has 0 spiro atoms. The number of aryl methyl sites for hydroxylation is 2. The van der Waals surface area contributed by atoms with Gasteiger partial charge in [-0.25, -0.2) is 4.79 Å². The van der Waals surface area contributed by atoms with Gasteiger partial charge in [-0.1, -0.05) is 72.8 Å². The number of Topliss-reactive ketones (excluding diaryl/α,β-unsaturated/α-hetero) is 1. The molecule has 0 aliphatic carbocycles. The molecule has 172 valence electrons. The number of carbonyl (C=O) groups is 2. The molecule has 34 heavy (non-hydrogen) atoms. The quantitative estimate of drug-likeness (QED) is 0.147. The normalized spacial score (nSPS) is 16.3. The molecule has 1 aliphatic rings. The fraction of sp³-hybridized carbons (Fsp3) is 0.214. The summed E-state index contributed by atoms with van der Waals surface area (Å²) in [5, 5.41) is 11.1. The average Bonchev–Trinajstić information content (AvgIpc) is 2.85. The number of hydrogen-bond donors (Lipinski definition) is 0. The van der Waals surface area contributed by atoms with Crippen molar-refractivity contribution in [3.8, 4) is 0 Å². The zero-order valence-electron chi connectivity index (χ0n) is 18.7. The molecule has 1 heterocycles. The van der Waals surface area contributed by atoms with Gasteiger partial charge in [0.05, 0.1) is 11.3 Å². The van der Waals surface area contributed by atoms with Crippen molar-refractivity contribution >= 4 is 23.5 Å². The van der Waals surface area contributed by atoms with Crippen LogP contribution in [0.25, 0.3) is 6.08 Å². The molecule has 0 atom stereocenters. The summed E-state index contributed by atoms with van der Waals surface area (Å²) < 4.78 is 5.99. The lowest BCUT2D eigenvalue weighted by molar-refractivity contribution is -0.384. The molecule has 0 aromatic heterocycles. The van der Waals surface area contributed by atoms with Gasteiger partial charge in [0, 0.05) is 12.1 Å². The zero-order valence-corrected chi connectivity index (χ0v) is 18.7. The second-order valence-electron chi connectivity index (χ2n) is 8.55. The van der Waals surface area contributed by atoms with Crippen molar-refractivity contribution < 1.29 is 19.2 Å². The van der Waals surface area contributed by atoms with Crippen LogP contribution >= 0.6 is 0 Å². The number of nitrogens with zero attached hydrogens (tertiary/aromatic N) is 1. The van der Waals surface area contributed by atoms with Crippen LogP contribution < -0.4 is 0 Å². The van der Waals surface area contributed by atoms with Gasteiger partial charge in [-0.15, -0.1) is 0 Å². The lowest BCUT2D eigenvalue weighted by Gasteiger charge is -2.37. The van der Waals surface area contributed by atoms with Crippen LogP contribution in [0.5, 0.6) is 0 Å². The maximum atomic E-state index is 13.2. The topological polar surface area (TPSA) is 86.5 Å². The molecule has 4 rings (SSSR count). The Kier molecular flexibility index (Phi) is 6.97. The number of benzene rings is 3. The monoisotopic (exact) mass is 455 g/mol. The molecule has 0 radical (unpaired) electrons. The number of rotatable bonds is 8. The zero-order chi connectivity index (χ0) is 24.0. The van der Waals surface area contributed by atoms with Gasteiger partial charge in [-0.2, -0.15) is 0 Å². The molecular formula is C28H25NO5. The minimum absolute atomic E-state index is 0.0736. The number of ketones is 1. The summed E-state index contributed by atoms with van der Waals surface area (Å²) in [5.41, 5.74) is 1.56. The third-order valence-corrected chi connectivity index (χ3v) is 6.13. The van der Waals surface area contributed by atoms with Crippen LogP contribution in [0.1, 0.15) is 36.0 Å². The molecule has 3 aromatic rings. The van der Waals surface area contributed by atoms with E-state index in [1.165, 1.54) is 24.3 Å². The van der Waals surface area contributed by atoms with E-state index in [4.69, 9.17) is 4.74 Å². The van der Waals surface area contributed by atoms with E-state index in [0.717, 1.165) is 11.1 Å². The Balaban J connectivity index is 1.57. The minimum atomic E-state index is -0.903. The Morgan fingerprint density at radius 2 is 1.44 bits per heavy atom. The molecule has 0 amide bonds. The molecule has 1 fully saturated rings. The Morgan fingerprint density at radius 1 is 0.853 bits per heavy atom. The van der Waals surface area contributed by atoms with Gasteiger partial charge < -0.3 is 4.74 Å². The van der Waals surface area contributed by atoms with Crippen LogP contribution in [0.2, 0.25) is 0 Å². The van der Waals surface area contributed by atoms with E-state index in [2.05, 4.69) is 0 Å². The largest absolute Gasteiger partial charge is 0.455 e. The van der Waals surface area contributed by atoms with Gasteiger partial charge in [-0.3, -0.25) is 14.9 Å². The van der Waals surface area contributed by atoms with Crippen molar-refractivity contribution in [2.24, 2.45) is 0 Å².